The Bertz CT molecular complexity index is 1620. The van der Waals surface area contributed by atoms with Crippen LogP contribution in [-0.4, -0.2) is 13.1 Å². The molecule has 0 aliphatic carbocycles. The highest BCUT2D eigenvalue weighted by molar-refractivity contribution is 5.91. The van der Waals surface area contributed by atoms with E-state index in [9.17, 15) is 10.5 Å². The van der Waals surface area contributed by atoms with Crippen molar-refractivity contribution in [3.63, 3.8) is 0 Å². The molecule has 40 heavy (non-hydrogen) atoms. The third kappa shape index (κ3) is 5.04. The molecule has 5 rings (SSSR count). The summed E-state index contributed by atoms with van der Waals surface area (Å²) in [5.74, 6) is 0. The van der Waals surface area contributed by atoms with Crippen LogP contribution in [0.25, 0.3) is 22.3 Å². The maximum atomic E-state index is 10.4. The number of nitriles is 2. The van der Waals surface area contributed by atoms with E-state index >= 15 is 0 Å². The van der Waals surface area contributed by atoms with Gasteiger partial charge in [0.15, 0.2) is 0 Å². The molecule has 0 aliphatic rings. The molecule has 0 bridgehead atoms. The lowest BCUT2D eigenvalue weighted by molar-refractivity contribution is 0.863. The number of anilines is 4. The van der Waals surface area contributed by atoms with Gasteiger partial charge in [-0.25, -0.2) is 0 Å². The van der Waals surface area contributed by atoms with Crippen LogP contribution in [0.1, 0.15) is 25.0 Å². The molecule has 0 unspecified atom stereocenters. The van der Waals surface area contributed by atoms with Crippen LogP contribution in [0.3, 0.4) is 0 Å². The summed E-state index contributed by atoms with van der Waals surface area (Å²) in [7, 11) is 0. The number of hydrogen-bond donors (Lipinski definition) is 0. The zero-order valence-electron chi connectivity index (χ0n) is 22.8. The standard InChI is InChI=1S/C36H30N4/c1-3-39(4-2)36-34(25-37)32(27-14-8-5-9-15-27)24-33(35(36)26-38)28-20-22-31(23-21-28)40(29-16-10-6-11-17-29)30-18-12-7-13-19-30/h5-24H,3-4H2,1-2H3. The molecule has 0 fully saturated rings. The first-order chi connectivity index (χ1) is 19.7. The second-order valence-electron chi connectivity index (χ2n) is 9.39. The molecule has 0 aromatic heterocycles. The first-order valence-corrected chi connectivity index (χ1v) is 13.5. The summed E-state index contributed by atoms with van der Waals surface area (Å²) >= 11 is 0. The van der Waals surface area contributed by atoms with Crippen LogP contribution < -0.4 is 9.80 Å². The van der Waals surface area contributed by atoms with Crippen molar-refractivity contribution in [2.75, 3.05) is 22.9 Å². The molecule has 0 spiro atoms. The third-order valence-corrected chi connectivity index (χ3v) is 7.15. The van der Waals surface area contributed by atoms with Crippen molar-refractivity contribution in [2.45, 2.75) is 13.8 Å². The van der Waals surface area contributed by atoms with Crippen molar-refractivity contribution in [2.24, 2.45) is 0 Å². The Kier molecular flexibility index (Phi) is 7.91. The van der Waals surface area contributed by atoms with E-state index < -0.39 is 0 Å². The van der Waals surface area contributed by atoms with Gasteiger partial charge < -0.3 is 9.80 Å². The Hall–Kier alpha value is -5.32. The fourth-order valence-corrected chi connectivity index (χ4v) is 5.22. The minimum Gasteiger partial charge on any atom is -0.370 e. The average Bonchev–Trinajstić information content (AvgIpc) is 3.03. The summed E-state index contributed by atoms with van der Waals surface area (Å²) in [5, 5.41) is 20.7. The highest BCUT2D eigenvalue weighted by Crippen LogP contribution is 2.41. The molecule has 4 heteroatoms. The molecule has 0 radical (unpaired) electrons. The second-order valence-corrected chi connectivity index (χ2v) is 9.39. The predicted octanol–water partition coefficient (Wildman–Crippen LogP) is 9.08. The van der Waals surface area contributed by atoms with Gasteiger partial charge in [-0.1, -0.05) is 78.9 Å². The van der Waals surface area contributed by atoms with E-state index in [4.69, 9.17) is 0 Å². The molecule has 194 valence electrons. The maximum Gasteiger partial charge on any atom is 0.102 e. The van der Waals surface area contributed by atoms with Gasteiger partial charge in [-0.3, -0.25) is 0 Å². The zero-order valence-corrected chi connectivity index (χ0v) is 22.8. The zero-order chi connectivity index (χ0) is 27.9. The summed E-state index contributed by atoms with van der Waals surface area (Å²) in [5.41, 5.74) is 8.43. The first-order valence-electron chi connectivity index (χ1n) is 13.5. The van der Waals surface area contributed by atoms with Crippen molar-refractivity contribution >= 4 is 22.7 Å². The number of hydrogen-bond acceptors (Lipinski definition) is 4. The predicted molar refractivity (Wildman–Crippen MR) is 165 cm³/mol. The van der Waals surface area contributed by atoms with Gasteiger partial charge in [0.1, 0.15) is 12.1 Å². The molecular weight excluding hydrogens is 488 g/mol. The normalized spacial score (nSPS) is 10.4. The molecule has 0 heterocycles. The molecule has 5 aromatic carbocycles. The van der Waals surface area contributed by atoms with Crippen molar-refractivity contribution in [3.8, 4) is 34.4 Å². The highest BCUT2D eigenvalue weighted by atomic mass is 15.1. The largest absolute Gasteiger partial charge is 0.370 e. The molecule has 5 aromatic rings. The van der Waals surface area contributed by atoms with E-state index in [1.165, 1.54) is 0 Å². The van der Waals surface area contributed by atoms with E-state index in [0.29, 0.717) is 29.9 Å². The molecule has 0 amide bonds. The maximum absolute atomic E-state index is 10.4. The lowest BCUT2D eigenvalue weighted by atomic mass is 9.88. The second kappa shape index (κ2) is 12.0. The molecule has 0 saturated carbocycles. The summed E-state index contributed by atoms with van der Waals surface area (Å²) in [6, 6.07) is 45.7. The van der Waals surface area contributed by atoms with E-state index in [0.717, 1.165) is 39.3 Å². The van der Waals surface area contributed by atoms with Gasteiger partial charge in [0.25, 0.3) is 0 Å². The fraction of sp³-hybridized carbons (Fsp3) is 0.111. The van der Waals surface area contributed by atoms with Gasteiger partial charge >= 0.3 is 0 Å². The van der Waals surface area contributed by atoms with Crippen LogP contribution in [0.5, 0.6) is 0 Å². The van der Waals surface area contributed by atoms with Crippen molar-refractivity contribution in [3.05, 3.63) is 132 Å². The topological polar surface area (TPSA) is 54.1 Å². The van der Waals surface area contributed by atoms with Crippen LogP contribution in [-0.2, 0) is 0 Å². The van der Waals surface area contributed by atoms with Gasteiger partial charge in [-0.15, -0.1) is 0 Å². The molecule has 4 nitrogen and oxygen atoms in total. The first kappa shape index (κ1) is 26.3. The van der Waals surface area contributed by atoms with Crippen LogP contribution >= 0.6 is 0 Å². The van der Waals surface area contributed by atoms with Crippen molar-refractivity contribution in [1.29, 1.82) is 10.5 Å². The van der Waals surface area contributed by atoms with Gasteiger partial charge in [0.2, 0.25) is 0 Å². The number of nitrogens with zero attached hydrogens (tertiary/aromatic N) is 4. The number of para-hydroxylation sites is 2. The fourth-order valence-electron chi connectivity index (χ4n) is 5.22. The minimum absolute atomic E-state index is 0.524. The van der Waals surface area contributed by atoms with Crippen molar-refractivity contribution < 1.29 is 0 Å². The van der Waals surface area contributed by atoms with E-state index in [2.05, 4.69) is 84.3 Å². The number of benzene rings is 5. The Labute approximate surface area is 236 Å². The SMILES string of the molecule is CCN(CC)c1c(C#N)c(-c2ccccc2)cc(-c2ccc(N(c3ccccc3)c3ccccc3)cc2)c1C#N. The smallest absolute Gasteiger partial charge is 0.102 e. The average molecular weight is 519 g/mol. The number of rotatable bonds is 8. The van der Waals surface area contributed by atoms with Gasteiger partial charge in [-0.2, -0.15) is 10.5 Å². The summed E-state index contributed by atoms with van der Waals surface area (Å²) < 4.78 is 0. The molecular formula is C36H30N4. The summed E-state index contributed by atoms with van der Waals surface area (Å²) in [4.78, 5) is 4.32. The van der Waals surface area contributed by atoms with Crippen LogP contribution in [0.2, 0.25) is 0 Å². The Morgan fingerprint density at radius 1 is 0.525 bits per heavy atom. The summed E-state index contributed by atoms with van der Waals surface area (Å²) in [6.07, 6.45) is 0. The Morgan fingerprint density at radius 2 is 0.925 bits per heavy atom. The minimum atomic E-state index is 0.524. The monoisotopic (exact) mass is 518 g/mol. The molecule has 0 saturated heterocycles. The van der Waals surface area contributed by atoms with E-state index in [1.807, 2.05) is 72.8 Å². The molecule has 0 aliphatic heterocycles. The third-order valence-electron chi connectivity index (χ3n) is 7.15. The lowest BCUT2D eigenvalue weighted by Gasteiger charge is -2.27. The Balaban J connectivity index is 1.70. The molecule has 0 N–H and O–H groups in total. The van der Waals surface area contributed by atoms with Crippen molar-refractivity contribution in [1.82, 2.24) is 0 Å². The van der Waals surface area contributed by atoms with Gasteiger partial charge in [0.05, 0.1) is 16.8 Å². The summed E-state index contributed by atoms with van der Waals surface area (Å²) in [6.45, 7) is 5.49. The van der Waals surface area contributed by atoms with Crippen LogP contribution in [0, 0.1) is 22.7 Å². The lowest BCUT2D eigenvalue weighted by Crippen LogP contribution is -2.24. The van der Waals surface area contributed by atoms with E-state index in [-0.39, 0.29) is 0 Å². The van der Waals surface area contributed by atoms with Gasteiger partial charge in [-0.05, 0) is 67.4 Å². The van der Waals surface area contributed by atoms with Crippen LogP contribution in [0.4, 0.5) is 22.7 Å². The quantitative estimate of drug-likeness (QED) is 0.206. The van der Waals surface area contributed by atoms with Gasteiger partial charge in [0, 0.05) is 41.3 Å². The molecule has 0 atom stereocenters. The van der Waals surface area contributed by atoms with E-state index in [1.54, 1.807) is 0 Å². The highest BCUT2D eigenvalue weighted by Gasteiger charge is 2.23. The Morgan fingerprint density at radius 3 is 1.35 bits per heavy atom. The van der Waals surface area contributed by atoms with Crippen LogP contribution in [0.15, 0.2) is 121 Å².